The van der Waals surface area contributed by atoms with Crippen LogP contribution in [0.5, 0.6) is 0 Å². The van der Waals surface area contributed by atoms with Crippen LogP contribution in [0.2, 0.25) is 0 Å². The summed E-state index contributed by atoms with van der Waals surface area (Å²) in [6, 6.07) is 3.02. The van der Waals surface area contributed by atoms with E-state index in [1.165, 1.54) is 23.3 Å². The van der Waals surface area contributed by atoms with Crippen LogP contribution in [0.25, 0.3) is 0 Å². The van der Waals surface area contributed by atoms with Crippen molar-refractivity contribution in [2.24, 2.45) is 0 Å². The van der Waals surface area contributed by atoms with Gasteiger partial charge in [-0.25, -0.2) is 0 Å². The van der Waals surface area contributed by atoms with Crippen molar-refractivity contribution < 1.29 is 0 Å². The summed E-state index contributed by atoms with van der Waals surface area (Å²) < 4.78 is 0. The summed E-state index contributed by atoms with van der Waals surface area (Å²) in [5, 5.41) is 9.11. The Morgan fingerprint density at radius 3 is 2.93 bits per heavy atom. The molecule has 0 radical (unpaired) electrons. The molecule has 0 aromatic carbocycles. The zero-order valence-electron chi connectivity index (χ0n) is 8.68. The van der Waals surface area contributed by atoms with Gasteiger partial charge in [-0.3, -0.25) is 0 Å². The molecule has 0 aliphatic heterocycles. The molecule has 1 fully saturated rings. The molecule has 0 spiro atoms. The first kappa shape index (κ1) is 10.1. The lowest BCUT2D eigenvalue weighted by Gasteiger charge is -2.04. The molecule has 1 saturated carbocycles. The molecule has 2 nitrogen and oxygen atoms in total. The average Bonchev–Trinajstić information content (AvgIpc) is 2.91. The van der Waals surface area contributed by atoms with Crippen molar-refractivity contribution in [3.05, 3.63) is 21.9 Å². The fraction of sp³-hybridized carbons (Fsp3) is 0.636. The minimum absolute atomic E-state index is 0.834. The third-order valence-electron chi connectivity index (χ3n) is 2.57. The molecule has 0 unspecified atom stereocenters. The Bertz CT molecular complexity index is 279. The van der Waals surface area contributed by atoms with Crippen molar-refractivity contribution in [2.75, 3.05) is 13.1 Å². The molecule has 0 saturated heterocycles. The zero-order valence-corrected chi connectivity index (χ0v) is 9.49. The van der Waals surface area contributed by atoms with Crippen LogP contribution >= 0.6 is 11.3 Å². The van der Waals surface area contributed by atoms with Crippen LogP contribution < -0.4 is 10.6 Å². The summed E-state index contributed by atoms with van der Waals surface area (Å²) in [6.07, 6.45) is 2.76. The lowest BCUT2D eigenvalue weighted by atomic mass is 10.3. The predicted octanol–water partition coefficient (Wildman–Crippen LogP) is 1.90. The van der Waals surface area contributed by atoms with E-state index >= 15 is 0 Å². The van der Waals surface area contributed by atoms with Crippen molar-refractivity contribution in [3.63, 3.8) is 0 Å². The van der Waals surface area contributed by atoms with Crippen LogP contribution in [0.15, 0.2) is 11.4 Å². The zero-order chi connectivity index (χ0) is 9.80. The number of thiophene rings is 1. The lowest BCUT2D eigenvalue weighted by molar-refractivity contribution is 0.610. The van der Waals surface area contributed by atoms with Crippen LogP contribution in [0.3, 0.4) is 0 Å². The number of rotatable bonds is 6. The first-order valence-corrected chi connectivity index (χ1v) is 6.21. The molecule has 1 aliphatic rings. The van der Waals surface area contributed by atoms with Crippen LogP contribution in [-0.4, -0.2) is 19.1 Å². The van der Waals surface area contributed by atoms with Gasteiger partial charge in [0, 0.05) is 30.6 Å². The number of hydrogen-bond donors (Lipinski definition) is 2. The summed E-state index contributed by atoms with van der Waals surface area (Å²) in [7, 11) is 0. The van der Waals surface area contributed by atoms with Crippen LogP contribution in [0.4, 0.5) is 0 Å². The largest absolute Gasteiger partial charge is 0.313 e. The molecule has 1 aromatic heterocycles. The Kier molecular flexibility index (Phi) is 3.56. The van der Waals surface area contributed by atoms with E-state index in [1.807, 2.05) is 11.3 Å². The van der Waals surface area contributed by atoms with Gasteiger partial charge in [-0.2, -0.15) is 0 Å². The normalized spacial score (nSPS) is 16.1. The molecule has 2 rings (SSSR count). The summed E-state index contributed by atoms with van der Waals surface area (Å²) in [4.78, 5) is 1.47. The Labute approximate surface area is 89.7 Å². The van der Waals surface area contributed by atoms with Crippen molar-refractivity contribution in [3.8, 4) is 0 Å². The highest BCUT2D eigenvalue weighted by molar-refractivity contribution is 7.10. The van der Waals surface area contributed by atoms with Crippen LogP contribution in [-0.2, 0) is 6.54 Å². The highest BCUT2D eigenvalue weighted by Crippen LogP contribution is 2.18. The molecule has 1 heterocycles. The van der Waals surface area contributed by atoms with Gasteiger partial charge < -0.3 is 10.6 Å². The van der Waals surface area contributed by atoms with E-state index < -0.39 is 0 Å². The van der Waals surface area contributed by atoms with Crippen molar-refractivity contribution >= 4 is 11.3 Å². The molecule has 78 valence electrons. The third kappa shape index (κ3) is 3.08. The molecule has 0 atom stereocenters. The quantitative estimate of drug-likeness (QED) is 0.701. The first-order chi connectivity index (χ1) is 6.86. The third-order valence-corrected chi connectivity index (χ3v) is 3.59. The molecule has 1 aromatic rings. The molecule has 14 heavy (non-hydrogen) atoms. The second-order valence-corrected chi connectivity index (χ2v) is 4.93. The molecule has 2 N–H and O–H groups in total. The minimum Gasteiger partial charge on any atom is -0.313 e. The first-order valence-electron chi connectivity index (χ1n) is 5.33. The van der Waals surface area contributed by atoms with Crippen molar-refractivity contribution in [1.82, 2.24) is 10.6 Å². The monoisotopic (exact) mass is 210 g/mol. The fourth-order valence-corrected chi connectivity index (χ4v) is 2.32. The van der Waals surface area contributed by atoms with Crippen LogP contribution in [0.1, 0.15) is 23.3 Å². The smallest absolute Gasteiger partial charge is 0.0302 e. The van der Waals surface area contributed by atoms with Gasteiger partial charge in [-0.1, -0.05) is 0 Å². The van der Waals surface area contributed by atoms with Gasteiger partial charge in [0.25, 0.3) is 0 Å². The molecule has 1 aliphatic carbocycles. The van der Waals surface area contributed by atoms with E-state index in [9.17, 15) is 0 Å². The standard InChI is InChI=1S/C11H18N2S/c1-9-4-7-14-11(9)8-12-5-6-13-10-2-3-10/h4,7,10,12-13H,2-3,5-6,8H2,1H3. The second kappa shape index (κ2) is 4.91. The topological polar surface area (TPSA) is 24.1 Å². The van der Waals surface area contributed by atoms with E-state index in [2.05, 4.69) is 29.0 Å². The molecule has 0 amide bonds. The fourth-order valence-electron chi connectivity index (χ4n) is 1.44. The Morgan fingerprint density at radius 2 is 2.29 bits per heavy atom. The minimum atomic E-state index is 0.834. The molecule has 0 bridgehead atoms. The SMILES string of the molecule is Cc1ccsc1CNCCNC1CC1. The number of aryl methyl sites for hydroxylation is 1. The van der Waals surface area contributed by atoms with Gasteiger partial charge in [0.1, 0.15) is 0 Å². The van der Waals surface area contributed by atoms with Gasteiger partial charge >= 0.3 is 0 Å². The predicted molar refractivity (Wildman–Crippen MR) is 61.8 cm³/mol. The maximum atomic E-state index is 3.49. The highest BCUT2D eigenvalue weighted by Gasteiger charge is 2.19. The maximum absolute atomic E-state index is 3.49. The van der Waals surface area contributed by atoms with E-state index in [-0.39, 0.29) is 0 Å². The number of hydrogen-bond acceptors (Lipinski definition) is 3. The van der Waals surface area contributed by atoms with E-state index in [4.69, 9.17) is 0 Å². The number of nitrogens with one attached hydrogen (secondary N) is 2. The molecular weight excluding hydrogens is 192 g/mol. The summed E-state index contributed by atoms with van der Waals surface area (Å²) >= 11 is 1.84. The van der Waals surface area contributed by atoms with Crippen molar-refractivity contribution in [1.29, 1.82) is 0 Å². The van der Waals surface area contributed by atoms with Gasteiger partial charge in [0.2, 0.25) is 0 Å². The Morgan fingerprint density at radius 1 is 1.43 bits per heavy atom. The Hall–Kier alpha value is -0.380. The molecular formula is C11H18N2S. The van der Waals surface area contributed by atoms with E-state index in [0.717, 1.165) is 25.7 Å². The molecule has 3 heteroatoms. The van der Waals surface area contributed by atoms with Gasteiger partial charge in [0.05, 0.1) is 0 Å². The van der Waals surface area contributed by atoms with E-state index in [1.54, 1.807) is 0 Å². The van der Waals surface area contributed by atoms with Crippen LogP contribution in [0, 0.1) is 6.92 Å². The lowest BCUT2D eigenvalue weighted by Crippen LogP contribution is -2.28. The highest BCUT2D eigenvalue weighted by atomic mass is 32.1. The summed E-state index contributed by atoms with van der Waals surface area (Å²) in [5.41, 5.74) is 1.41. The second-order valence-electron chi connectivity index (χ2n) is 3.93. The van der Waals surface area contributed by atoms with E-state index in [0.29, 0.717) is 0 Å². The Balaban J connectivity index is 1.56. The van der Waals surface area contributed by atoms with Gasteiger partial charge in [0.15, 0.2) is 0 Å². The van der Waals surface area contributed by atoms with Crippen molar-refractivity contribution in [2.45, 2.75) is 32.4 Å². The summed E-state index contributed by atoms with van der Waals surface area (Å²) in [6.45, 7) is 5.38. The maximum Gasteiger partial charge on any atom is 0.0302 e. The van der Waals surface area contributed by atoms with Gasteiger partial charge in [-0.05, 0) is 36.8 Å². The average molecular weight is 210 g/mol. The van der Waals surface area contributed by atoms with Gasteiger partial charge in [-0.15, -0.1) is 11.3 Å². The summed E-state index contributed by atoms with van der Waals surface area (Å²) in [5.74, 6) is 0.